The highest BCUT2D eigenvalue weighted by Gasteiger charge is 2.26. The van der Waals surface area contributed by atoms with Crippen LogP contribution in [0, 0.1) is 0 Å². The lowest BCUT2D eigenvalue weighted by molar-refractivity contribution is -0.160. The summed E-state index contributed by atoms with van der Waals surface area (Å²) in [6.45, 7) is 2.14. The second-order valence-corrected chi connectivity index (χ2v) is 3.70. The Kier molecular flexibility index (Phi) is 4.22. The average molecular weight is 186 g/mol. The molecule has 76 valence electrons. The van der Waals surface area contributed by atoms with E-state index < -0.39 is 6.10 Å². The number of carbonyl (C=O) groups excluding carboxylic acids is 1. The van der Waals surface area contributed by atoms with E-state index >= 15 is 0 Å². The minimum Gasteiger partial charge on any atom is -0.462 e. The quantitative estimate of drug-likeness (QED) is 0.536. The third-order valence-electron chi connectivity index (χ3n) is 2.37. The van der Waals surface area contributed by atoms with Crippen LogP contribution >= 0.6 is 0 Å². The first-order chi connectivity index (χ1) is 6.22. The predicted molar refractivity (Wildman–Crippen MR) is 49.3 cm³/mol. The summed E-state index contributed by atoms with van der Waals surface area (Å²) in [5, 5.41) is 9.31. The molecule has 0 radical (unpaired) electrons. The Hall–Kier alpha value is -0.570. The number of unbranched alkanes of at least 4 members (excludes halogenated alkanes) is 2. The van der Waals surface area contributed by atoms with Crippen LogP contribution < -0.4 is 0 Å². The Morgan fingerprint density at radius 3 is 2.92 bits per heavy atom. The number of carbonyl (C=O) groups is 1. The highest BCUT2D eigenvalue weighted by molar-refractivity contribution is 5.70. The van der Waals surface area contributed by atoms with Crippen molar-refractivity contribution in [2.75, 3.05) is 0 Å². The molecule has 0 saturated carbocycles. The zero-order chi connectivity index (χ0) is 9.68. The summed E-state index contributed by atoms with van der Waals surface area (Å²) in [6.07, 6.45) is 4.60. The molecular weight excluding hydrogens is 168 g/mol. The molecule has 1 heterocycles. The number of cyclic esters (lactones) is 1. The molecule has 1 N–H and O–H groups in total. The Balaban J connectivity index is 2.21. The summed E-state index contributed by atoms with van der Waals surface area (Å²) < 4.78 is 5.10. The molecule has 0 bridgehead atoms. The van der Waals surface area contributed by atoms with Gasteiger partial charge in [-0.15, -0.1) is 0 Å². The van der Waals surface area contributed by atoms with Crippen molar-refractivity contribution in [1.82, 2.24) is 0 Å². The lowest BCUT2D eigenvalue weighted by Gasteiger charge is -2.25. The van der Waals surface area contributed by atoms with E-state index in [1.807, 2.05) is 0 Å². The summed E-state index contributed by atoms with van der Waals surface area (Å²) >= 11 is 0. The standard InChI is InChI=1S/C10H18O3/c1-2-3-4-5-9-6-8(11)7-10(12)13-9/h8-9,11H,2-7H2,1H3/t8-,9-/m0/s1. The minimum absolute atomic E-state index is 0.0391. The van der Waals surface area contributed by atoms with E-state index in [1.165, 1.54) is 12.8 Å². The fourth-order valence-corrected chi connectivity index (χ4v) is 1.66. The van der Waals surface area contributed by atoms with Crippen molar-refractivity contribution in [2.45, 2.75) is 57.7 Å². The van der Waals surface area contributed by atoms with Crippen LogP contribution in [0.15, 0.2) is 0 Å². The second-order valence-electron chi connectivity index (χ2n) is 3.70. The molecule has 0 spiro atoms. The molecule has 2 atom stereocenters. The fourth-order valence-electron chi connectivity index (χ4n) is 1.66. The largest absolute Gasteiger partial charge is 0.462 e. The maximum absolute atomic E-state index is 10.9. The summed E-state index contributed by atoms with van der Waals surface area (Å²) in [5.74, 6) is -0.250. The topological polar surface area (TPSA) is 46.5 Å². The Bertz CT molecular complexity index is 168. The van der Waals surface area contributed by atoms with Gasteiger partial charge in [-0.1, -0.05) is 19.8 Å². The maximum atomic E-state index is 10.9. The van der Waals surface area contributed by atoms with Crippen LogP contribution in [0.4, 0.5) is 0 Å². The van der Waals surface area contributed by atoms with Crippen LogP contribution in [0.1, 0.15) is 45.4 Å². The third-order valence-corrected chi connectivity index (χ3v) is 2.37. The molecule has 0 unspecified atom stereocenters. The van der Waals surface area contributed by atoms with Crippen molar-refractivity contribution >= 4 is 5.97 Å². The monoisotopic (exact) mass is 186 g/mol. The van der Waals surface area contributed by atoms with E-state index in [0.717, 1.165) is 12.8 Å². The lowest BCUT2D eigenvalue weighted by Crippen LogP contribution is -2.32. The van der Waals surface area contributed by atoms with E-state index in [-0.39, 0.29) is 18.5 Å². The zero-order valence-electron chi connectivity index (χ0n) is 8.16. The number of hydrogen-bond acceptors (Lipinski definition) is 3. The number of aliphatic hydroxyl groups excluding tert-OH is 1. The molecule has 0 aliphatic carbocycles. The van der Waals surface area contributed by atoms with Gasteiger partial charge in [0.1, 0.15) is 6.10 Å². The number of hydrogen-bond donors (Lipinski definition) is 1. The molecule has 1 aliphatic heterocycles. The van der Waals surface area contributed by atoms with Crippen LogP contribution in [0.2, 0.25) is 0 Å². The van der Waals surface area contributed by atoms with Crippen molar-refractivity contribution < 1.29 is 14.6 Å². The van der Waals surface area contributed by atoms with Crippen molar-refractivity contribution in [1.29, 1.82) is 0 Å². The summed E-state index contributed by atoms with van der Waals surface area (Å²) in [6, 6.07) is 0. The molecule has 1 fully saturated rings. The zero-order valence-corrected chi connectivity index (χ0v) is 8.16. The van der Waals surface area contributed by atoms with Crippen LogP contribution in [0.5, 0.6) is 0 Å². The Morgan fingerprint density at radius 2 is 2.31 bits per heavy atom. The highest BCUT2D eigenvalue weighted by Crippen LogP contribution is 2.19. The van der Waals surface area contributed by atoms with Crippen molar-refractivity contribution in [3.63, 3.8) is 0 Å². The molecule has 13 heavy (non-hydrogen) atoms. The summed E-state index contributed by atoms with van der Waals surface area (Å²) in [4.78, 5) is 10.9. The summed E-state index contributed by atoms with van der Waals surface area (Å²) in [5.41, 5.74) is 0. The fraction of sp³-hybridized carbons (Fsp3) is 0.900. The van der Waals surface area contributed by atoms with Gasteiger partial charge in [0, 0.05) is 6.42 Å². The van der Waals surface area contributed by atoms with Crippen molar-refractivity contribution in [3.8, 4) is 0 Å². The molecule has 1 aliphatic rings. The van der Waals surface area contributed by atoms with Gasteiger partial charge in [-0.25, -0.2) is 0 Å². The molecular formula is C10H18O3. The molecule has 0 aromatic rings. The summed E-state index contributed by atoms with van der Waals surface area (Å²) in [7, 11) is 0. The second kappa shape index (κ2) is 5.22. The van der Waals surface area contributed by atoms with Gasteiger partial charge in [-0.05, 0) is 12.8 Å². The highest BCUT2D eigenvalue weighted by atomic mass is 16.5. The van der Waals surface area contributed by atoms with Crippen LogP contribution in [0.3, 0.4) is 0 Å². The molecule has 0 amide bonds. The van der Waals surface area contributed by atoms with E-state index in [2.05, 4.69) is 6.92 Å². The van der Waals surface area contributed by atoms with Gasteiger partial charge in [0.25, 0.3) is 0 Å². The van der Waals surface area contributed by atoms with E-state index in [9.17, 15) is 9.90 Å². The molecule has 0 aromatic carbocycles. The molecule has 1 saturated heterocycles. The van der Waals surface area contributed by atoms with Gasteiger partial charge in [0.15, 0.2) is 0 Å². The number of rotatable bonds is 4. The first kappa shape index (κ1) is 10.5. The van der Waals surface area contributed by atoms with E-state index in [0.29, 0.717) is 6.42 Å². The molecule has 0 aromatic heterocycles. The van der Waals surface area contributed by atoms with Gasteiger partial charge in [0.05, 0.1) is 12.5 Å². The first-order valence-corrected chi connectivity index (χ1v) is 5.10. The first-order valence-electron chi connectivity index (χ1n) is 5.10. The predicted octanol–water partition coefficient (Wildman–Crippen LogP) is 1.63. The van der Waals surface area contributed by atoms with Crippen LogP contribution in [0.25, 0.3) is 0 Å². The van der Waals surface area contributed by atoms with Gasteiger partial charge in [-0.2, -0.15) is 0 Å². The lowest BCUT2D eigenvalue weighted by atomic mass is 10.0. The smallest absolute Gasteiger partial charge is 0.308 e. The van der Waals surface area contributed by atoms with Crippen molar-refractivity contribution in [3.05, 3.63) is 0 Å². The Labute approximate surface area is 79.1 Å². The van der Waals surface area contributed by atoms with Crippen LogP contribution in [-0.2, 0) is 9.53 Å². The SMILES string of the molecule is CCCCC[C@H]1C[C@H](O)CC(=O)O1. The van der Waals surface area contributed by atoms with E-state index in [1.54, 1.807) is 0 Å². The molecule has 3 heteroatoms. The maximum Gasteiger partial charge on any atom is 0.308 e. The average Bonchev–Trinajstić information content (AvgIpc) is 2.03. The number of ether oxygens (including phenoxy) is 1. The van der Waals surface area contributed by atoms with E-state index in [4.69, 9.17) is 4.74 Å². The van der Waals surface area contributed by atoms with Gasteiger partial charge in [0.2, 0.25) is 0 Å². The molecule has 1 rings (SSSR count). The minimum atomic E-state index is -0.479. The van der Waals surface area contributed by atoms with Gasteiger partial charge >= 0.3 is 5.97 Å². The normalized spacial score (nSPS) is 28.6. The molecule has 3 nitrogen and oxygen atoms in total. The number of esters is 1. The Morgan fingerprint density at radius 1 is 1.54 bits per heavy atom. The van der Waals surface area contributed by atoms with Gasteiger partial charge in [-0.3, -0.25) is 4.79 Å². The van der Waals surface area contributed by atoms with Crippen LogP contribution in [-0.4, -0.2) is 23.3 Å². The third kappa shape index (κ3) is 3.77. The van der Waals surface area contributed by atoms with Crippen molar-refractivity contribution in [2.24, 2.45) is 0 Å². The number of aliphatic hydroxyl groups is 1. The van der Waals surface area contributed by atoms with Gasteiger partial charge < -0.3 is 9.84 Å².